The van der Waals surface area contributed by atoms with Crippen molar-refractivity contribution in [1.29, 1.82) is 0 Å². The van der Waals surface area contributed by atoms with Crippen LogP contribution in [0.15, 0.2) is 41.4 Å². The molecule has 0 heterocycles. The highest BCUT2D eigenvalue weighted by Gasteiger charge is 2.21. The second kappa shape index (κ2) is 7.38. The van der Waals surface area contributed by atoms with Crippen molar-refractivity contribution in [3.05, 3.63) is 47.0 Å². The van der Waals surface area contributed by atoms with Gasteiger partial charge in [0.2, 0.25) is 0 Å². The topological polar surface area (TPSA) is 54.4 Å². The first kappa shape index (κ1) is 15.0. The lowest BCUT2D eigenvalue weighted by Gasteiger charge is -2.10. The summed E-state index contributed by atoms with van der Waals surface area (Å²) in [5.74, 6) is -0.617. The molecule has 0 saturated heterocycles. The molecule has 0 spiro atoms. The number of hydrogen-bond donors (Lipinski definition) is 1. The van der Waals surface area contributed by atoms with Gasteiger partial charge in [0.15, 0.2) is 5.78 Å². The number of carboxylic acids is 1. The first-order valence-corrected chi connectivity index (χ1v) is 7.13. The summed E-state index contributed by atoms with van der Waals surface area (Å²) in [5.41, 5.74) is 0.523. The molecule has 96 valence electrons. The number of halogens is 1. The molecule has 0 radical (unpaired) electrons. The molecule has 5 heteroatoms. The van der Waals surface area contributed by atoms with E-state index >= 15 is 0 Å². The van der Waals surface area contributed by atoms with Crippen molar-refractivity contribution < 1.29 is 14.7 Å². The van der Waals surface area contributed by atoms with Gasteiger partial charge >= 0.3 is 5.97 Å². The Balaban J connectivity index is 2.72. The van der Waals surface area contributed by atoms with E-state index in [0.29, 0.717) is 11.3 Å². The van der Waals surface area contributed by atoms with Crippen LogP contribution in [0.3, 0.4) is 0 Å². The highest BCUT2D eigenvalue weighted by atomic mass is 79.9. The van der Waals surface area contributed by atoms with Crippen molar-refractivity contribution >= 4 is 39.4 Å². The van der Waals surface area contributed by atoms with Crippen LogP contribution in [0.5, 0.6) is 0 Å². The highest BCUT2D eigenvalue weighted by Crippen LogP contribution is 2.19. The Morgan fingerprint density at radius 3 is 2.78 bits per heavy atom. The molecule has 1 aromatic rings. The van der Waals surface area contributed by atoms with Gasteiger partial charge in [-0.1, -0.05) is 34.1 Å². The second-order valence-electron chi connectivity index (χ2n) is 3.59. The Kier molecular flexibility index (Phi) is 6.15. The lowest BCUT2D eigenvalue weighted by Crippen LogP contribution is -2.21. The number of thioether (sulfide) groups is 1. The molecule has 0 fully saturated rings. The minimum atomic E-state index is -0.967. The van der Waals surface area contributed by atoms with Crippen LogP contribution in [0.1, 0.15) is 16.8 Å². The van der Waals surface area contributed by atoms with E-state index in [2.05, 4.69) is 22.5 Å². The molecule has 18 heavy (non-hydrogen) atoms. The largest absolute Gasteiger partial charge is 0.480 e. The van der Waals surface area contributed by atoms with Gasteiger partial charge in [-0.3, -0.25) is 9.59 Å². The first-order valence-electron chi connectivity index (χ1n) is 5.28. The maximum Gasteiger partial charge on any atom is 0.317 e. The monoisotopic (exact) mass is 328 g/mol. The Bertz CT molecular complexity index is 459. The van der Waals surface area contributed by atoms with Crippen LogP contribution in [0.4, 0.5) is 0 Å². The number of carboxylic acid groups (broad SMARTS) is 1. The smallest absolute Gasteiger partial charge is 0.317 e. The molecular weight excluding hydrogens is 316 g/mol. The fraction of sp³-hybridized carbons (Fsp3) is 0.231. The third kappa shape index (κ3) is 4.66. The fourth-order valence-corrected chi connectivity index (χ4v) is 2.53. The lowest BCUT2D eigenvalue weighted by atomic mass is 10.1. The van der Waals surface area contributed by atoms with Crippen LogP contribution in [0.2, 0.25) is 0 Å². The number of aliphatic carboxylic acids is 1. The normalized spacial score (nSPS) is 11.8. The summed E-state index contributed by atoms with van der Waals surface area (Å²) in [6.07, 6.45) is 1.62. The first-order chi connectivity index (χ1) is 8.54. The van der Waals surface area contributed by atoms with Gasteiger partial charge in [0.25, 0.3) is 0 Å². The molecule has 0 aromatic heterocycles. The van der Waals surface area contributed by atoms with Crippen LogP contribution in [-0.2, 0) is 4.79 Å². The molecule has 0 saturated carbocycles. The van der Waals surface area contributed by atoms with E-state index in [9.17, 15) is 9.59 Å². The van der Waals surface area contributed by atoms with Gasteiger partial charge in [0.05, 0.1) is 0 Å². The van der Waals surface area contributed by atoms with E-state index in [1.165, 1.54) is 11.8 Å². The molecule has 1 aromatic carbocycles. The number of carbonyl (C=O) groups is 2. The van der Waals surface area contributed by atoms with Crippen LogP contribution in [0, 0.1) is 0 Å². The van der Waals surface area contributed by atoms with E-state index in [4.69, 9.17) is 5.11 Å². The van der Waals surface area contributed by atoms with E-state index in [-0.39, 0.29) is 12.2 Å². The van der Waals surface area contributed by atoms with Gasteiger partial charge in [-0.15, -0.1) is 18.3 Å². The van der Waals surface area contributed by atoms with Gasteiger partial charge in [-0.2, -0.15) is 0 Å². The predicted octanol–water partition coefficient (Wildman–Crippen LogP) is 3.39. The summed E-state index contributed by atoms with van der Waals surface area (Å²) >= 11 is 4.49. The van der Waals surface area contributed by atoms with Gasteiger partial charge in [-0.05, 0) is 12.1 Å². The zero-order valence-corrected chi connectivity index (χ0v) is 12.0. The van der Waals surface area contributed by atoms with Crippen LogP contribution < -0.4 is 0 Å². The molecule has 0 aliphatic rings. The number of hydrogen-bond acceptors (Lipinski definition) is 3. The van der Waals surface area contributed by atoms with Crippen molar-refractivity contribution in [3.63, 3.8) is 0 Å². The van der Waals surface area contributed by atoms with Gasteiger partial charge < -0.3 is 5.11 Å². The Hall–Kier alpha value is -1.07. The van der Waals surface area contributed by atoms with Crippen LogP contribution >= 0.6 is 27.7 Å². The van der Waals surface area contributed by atoms with E-state index in [1.54, 1.807) is 24.3 Å². The van der Waals surface area contributed by atoms with E-state index in [0.717, 1.165) is 4.47 Å². The number of ketones is 1. The van der Waals surface area contributed by atoms with Crippen LogP contribution in [-0.4, -0.2) is 27.9 Å². The molecule has 1 unspecified atom stereocenters. The number of Topliss-reactive ketones (excluding diaryl/α,β-unsaturated/α-hetero) is 1. The quantitative estimate of drug-likeness (QED) is 0.615. The number of benzene rings is 1. The second-order valence-corrected chi connectivity index (χ2v) is 5.74. The summed E-state index contributed by atoms with van der Waals surface area (Å²) in [4.78, 5) is 23.0. The maximum absolute atomic E-state index is 12.0. The molecule has 1 rings (SSSR count). The predicted molar refractivity (Wildman–Crippen MR) is 77.2 cm³/mol. The molecule has 1 N–H and O–H groups in total. The summed E-state index contributed by atoms with van der Waals surface area (Å²) in [7, 11) is 0. The van der Waals surface area contributed by atoms with Crippen molar-refractivity contribution in [2.75, 3.05) is 5.75 Å². The highest BCUT2D eigenvalue weighted by molar-refractivity contribution is 9.10. The SMILES string of the molecule is C=CCSC(CC(=O)c1cccc(Br)c1)C(=O)O. The summed E-state index contributed by atoms with van der Waals surface area (Å²) < 4.78 is 0.805. The third-order valence-corrected chi connectivity index (χ3v) is 3.90. The summed E-state index contributed by atoms with van der Waals surface area (Å²) in [5, 5.41) is 8.31. The Morgan fingerprint density at radius 1 is 1.50 bits per heavy atom. The average molecular weight is 329 g/mol. The molecule has 0 amide bonds. The fourth-order valence-electron chi connectivity index (χ4n) is 1.35. The molecule has 0 bridgehead atoms. The minimum absolute atomic E-state index is 0.00963. The van der Waals surface area contributed by atoms with Crippen molar-refractivity contribution in [1.82, 2.24) is 0 Å². The van der Waals surface area contributed by atoms with Crippen LogP contribution in [0.25, 0.3) is 0 Å². The van der Waals surface area contributed by atoms with Crippen molar-refractivity contribution in [2.24, 2.45) is 0 Å². The standard InChI is InChI=1S/C13H13BrO3S/c1-2-6-18-12(13(16)17)8-11(15)9-4-3-5-10(14)7-9/h2-5,7,12H,1,6,8H2,(H,16,17). The lowest BCUT2D eigenvalue weighted by molar-refractivity contribution is -0.136. The zero-order chi connectivity index (χ0) is 13.5. The summed E-state index contributed by atoms with van der Waals surface area (Å²) in [6, 6.07) is 6.95. The number of rotatable bonds is 7. The summed E-state index contributed by atoms with van der Waals surface area (Å²) in [6.45, 7) is 3.54. The minimum Gasteiger partial charge on any atom is -0.480 e. The molecule has 0 aliphatic heterocycles. The molecule has 3 nitrogen and oxygen atoms in total. The van der Waals surface area contributed by atoms with Crippen molar-refractivity contribution in [2.45, 2.75) is 11.7 Å². The maximum atomic E-state index is 12.0. The van der Waals surface area contributed by atoms with E-state index in [1.807, 2.05) is 6.07 Å². The molecule has 0 aliphatic carbocycles. The number of carbonyl (C=O) groups excluding carboxylic acids is 1. The zero-order valence-electron chi connectivity index (χ0n) is 9.64. The van der Waals surface area contributed by atoms with E-state index < -0.39 is 11.2 Å². The Labute approximate surface area is 118 Å². The van der Waals surface area contributed by atoms with Gasteiger partial charge in [0.1, 0.15) is 5.25 Å². The van der Waals surface area contributed by atoms with Gasteiger partial charge in [-0.25, -0.2) is 0 Å². The molecular formula is C13H13BrO3S. The third-order valence-electron chi connectivity index (χ3n) is 2.21. The molecule has 1 atom stereocenters. The Morgan fingerprint density at radius 2 is 2.22 bits per heavy atom. The van der Waals surface area contributed by atoms with Crippen molar-refractivity contribution in [3.8, 4) is 0 Å². The average Bonchev–Trinajstić information content (AvgIpc) is 2.33. The van der Waals surface area contributed by atoms with Gasteiger partial charge in [0, 0.05) is 22.2 Å².